The van der Waals surface area contributed by atoms with Gasteiger partial charge >= 0.3 is 0 Å². The lowest BCUT2D eigenvalue weighted by atomic mass is 10.3. The topological polar surface area (TPSA) is 29.5 Å². The quantitative estimate of drug-likeness (QED) is 0.686. The third kappa shape index (κ3) is 2.21. The number of amides is 1. The Morgan fingerprint density at radius 1 is 1.38 bits per heavy atom. The summed E-state index contributed by atoms with van der Waals surface area (Å²) >= 11 is 0. The van der Waals surface area contributed by atoms with Crippen LogP contribution in [0.5, 0.6) is 5.75 Å². The highest BCUT2D eigenvalue weighted by atomic mass is 16.5. The number of anilines is 1. The van der Waals surface area contributed by atoms with Gasteiger partial charge in [-0.2, -0.15) is 0 Å². The molecule has 69 valence electrons. The maximum Gasteiger partial charge on any atom is 0.227 e. The summed E-state index contributed by atoms with van der Waals surface area (Å²) in [5.41, 5.74) is 0.806. The van der Waals surface area contributed by atoms with Crippen molar-refractivity contribution in [2.24, 2.45) is 0 Å². The normalized spacial score (nSPS) is 9.46. The van der Waals surface area contributed by atoms with E-state index in [0.29, 0.717) is 0 Å². The summed E-state index contributed by atoms with van der Waals surface area (Å²) in [4.78, 5) is 12.4. The van der Waals surface area contributed by atoms with Gasteiger partial charge < -0.3 is 9.64 Å². The van der Waals surface area contributed by atoms with Crippen LogP contribution in [0.15, 0.2) is 24.3 Å². The molecule has 3 nitrogen and oxygen atoms in total. The van der Waals surface area contributed by atoms with Crippen LogP contribution in [-0.2, 0) is 4.79 Å². The molecule has 0 saturated carbocycles. The molecule has 3 heteroatoms. The van der Waals surface area contributed by atoms with Crippen molar-refractivity contribution in [1.29, 1.82) is 0 Å². The molecule has 0 saturated heterocycles. The summed E-state index contributed by atoms with van der Waals surface area (Å²) in [5, 5.41) is 0. The minimum atomic E-state index is -0.231. The van der Waals surface area contributed by atoms with Crippen LogP contribution in [0.25, 0.3) is 0 Å². The highest BCUT2D eigenvalue weighted by molar-refractivity contribution is 5.95. The first-order valence-electron chi connectivity index (χ1n) is 3.89. The summed E-state index contributed by atoms with van der Waals surface area (Å²) < 4.78 is 4.99. The Morgan fingerprint density at radius 2 is 1.92 bits per heavy atom. The number of nitrogens with zero attached hydrogens (tertiary/aromatic N) is 1. The second-order valence-corrected chi connectivity index (χ2v) is 2.65. The minimum Gasteiger partial charge on any atom is -0.497 e. The molecule has 0 aliphatic heterocycles. The Kier molecular flexibility index (Phi) is 2.90. The van der Waals surface area contributed by atoms with Gasteiger partial charge in [-0.25, -0.2) is 0 Å². The third-order valence-electron chi connectivity index (χ3n) is 1.83. The van der Waals surface area contributed by atoms with Crippen molar-refractivity contribution < 1.29 is 9.53 Å². The van der Waals surface area contributed by atoms with Gasteiger partial charge in [-0.3, -0.25) is 4.79 Å². The SMILES string of the molecule is [CH2]C(=O)N(C)c1ccc(OC)cc1. The van der Waals surface area contributed by atoms with Gasteiger partial charge in [0.25, 0.3) is 0 Å². The van der Waals surface area contributed by atoms with Gasteiger partial charge in [-0.1, -0.05) is 0 Å². The van der Waals surface area contributed by atoms with Crippen molar-refractivity contribution in [3.05, 3.63) is 31.2 Å². The standard InChI is InChI=1S/C10H12NO2/c1-8(12)11(2)9-4-6-10(13-3)7-5-9/h4-7H,1H2,2-3H3. The van der Waals surface area contributed by atoms with Crippen LogP contribution in [0.4, 0.5) is 5.69 Å². The fourth-order valence-electron chi connectivity index (χ4n) is 0.950. The molecule has 0 unspecified atom stereocenters. The summed E-state index contributed by atoms with van der Waals surface area (Å²) in [6, 6.07) is 7.22. The van der Waals surface area contributed by atoms with E-state index in [-0.39, 0.29) is 5.91 Å². The zero-order chi connectivity index (χ0) is 9.84. The first-order chi connectivity index (χ1) is 6.15. The molecule has 0 bridgehead atoms. The van der Waals surface area contributed by atoms with Gasteiger partial charge in [-0.05, 0) is 24.3 Å². The highest BCUT2D eigenvalue weighted by Crippen LogP contribution is 2.17. The third-order valence-corrected chi connectivity index (χ3v) is 1.83. The molecule has 13 heavy (non-hydrogen) atoms. The summed E-state index contributed by atoms with van der Waals surface area (Å²) in [6.45, 7) is 3.31. The van der Waals surface area contributed by atoms with E-state index in [4.69, 9.17) is 4.74 Å². The second kappa shape index (κ2) is 3.94. The lowest BCUT2D eigenvalue weighted by molar-refractivity contribution is -0.114. The number of carbonyl (C=O) groups excluding carboxylic acids is 1. The van der Waals surface area contributed by atoms with Gasteiger partial charge in [0.05, 0.1) is 7.11 Å². The average molecular weight is 178 g/mol. The molecule has 0 atom stereocenters. The molecule has 1 radical (unpaired) electrons. The van der Waals surface area contributed by atoms with E-state index >= 15 is 0 Å². The van der Waals surface area contributed by atoms with Crippen molar-refractivity contribution in [3.63, 3.8) is 0 Å². The van der Waals surface area contributed by atoms with Crippen LogP contribution in [0.2, 0.25) is 0 Å². The van der Waals surface area contributed by atoms with E-state index in [2.05, 4.69) is 6.92 Å². The van der Waals surface area contributed by atoms with Crippen LogP contribution >= 0.6 is 0 Å². The molecule has 0 N–H and O–H groups in total. The van der Waals surface area contributed by atoms with E-state index < -0.39 is 0 Å². The van der Waals surface area contributed by atoms with Crippen LogP contribution < -0.4 is 9.64 Å². The molecule has 1 rings (SSSR count). The van der Waals surface area contributed by atoms with Gasteiger partial charge in [0.1, 0.15) is 5.75 Å². The van der Waals surface area contributed by atoms with Crippen LogP contribution in [0.1, 0.15) is 0 Å². The van der Waals surface area contributed by atoms with E-state index in [9.17, 15) is 4.79 Å². The molecule has 0 fully saturated rings. The van der Waals surface area contributed by atoms with E-state index in [1.165, 1.54) is 4.90 Å². The Labute approximate surface area is 77.9 Å². The van der Waals surface area contributed by atoms with Crippen molar-refractivity contribution in [3.8, 4) is 5.75 Å². The number of methoxy groups -OCH3 is 1. The second-order valence-electron chi connectivity index (χ2n) is 2.65. The number of rotatable bonds is 2. The number of hydrogen-bond acceptors (Lipinski definition) is 2. The van der Waals surface area contributed by atoms with Crippen LogP contribution in [-0.4, -0.2) is 20.1 Å². The fourth-order valence-corrected chi connectivity index (χ4v) is 0.950. The number of carbonyl (C=O) groups is 1. The molecule has 0 spiro atoms. The lowest BCUT2D eigenvalue weighted by Crippen LogP contribution is -2.22. The highest BCUT2D eigenvalue weighted by Gasteiger charge is 2.04. The molecule has 0 aliphatic rings. The number of benzene rings is 1. The molecular formula is C10H12NO2. The first-order valence-corrected chi connectivity index (χ1v) is 3.89. The Morgan fingerprint density at radius 3 is 2.31 bits per heavy atom. The number of hydrogen-bond donors (Lipinski definition) is 0. The fraction of sp³-hybridized carbons (Fsp3) is 0.200. The Hall–Kier alpha value is -1.51. The molecule has 1 aromatic rings. The van der Waals surface area contributed by atoms with E-state index in [1.807, 2.05) is 12.1 Å². The Bertz CT molecular complexity index is 292. The lowest BCUT2D eigenvalue weighted by Gasteiger charge is -2.14. The van der Waals surface area contributed by atoms with Gasteiger partial charge in [-0.15, -0.1) is 0 Å². The van der Waals surface area contributed by atoms with Gasteiger partial charge in [0.2, 0.25) is 5.91 Å². The predicted octanol–water partition coefficient (Wildman–Crippen LogP) is 1.49. The Balaban J connectivity index is 2.85. The summed E-state index contributed by atoms with van der Waals surface area (Å²) in [5.74, 6) is 0.541. The maximum absolute atomic E-state index is 10.9. The molecule has 0 aromatic heterocycles. The van der Waals surface area contributed by atoms with E-state index in [0.717, 1.165) is 11.4 Å². The van der Waals surface area contributed by atoms with Gasteiger partial charge in [0.15, 0.2) is 0 Å². The van der Waals surface area contributed by atoms with Crippen molar-refractivity contribution >= 4 is 11.6 Å². The number of ether oxygens (including phenoxy) is 1. The molecule has 1 amide bonds. The largest absolute Gasteiger partial charge is 0.497 e. The minimum absolute atomic E-state index is 0.231. The summed E-state index contributed by atoms with van der Waals surface area (Å²) in [7, 11) is 3.28. The average Bonchev–Trinajstić information content (AvgIpc) is 2.17. The van der Waals surface area contributed by atoms with Gasteiger partial charge in [0, 0.05) is 19.7 Å². The molecule has 0 aliphatic carbocycles. The van der Waals surface area contributed by atoms with Crippen molar-refractivity contribution in [2.45, 2.75) is 0 Å². The maximum atomic E-state index is 10.9. The van der Waals surface area contributed by atoms with E-state index in [1.54, 1.807) is 26.3 Å². The molecular weight excluding hydrogens is 166 g/mol. The monoisotopic (exact) mass is 178 g/mol. The smallest absolute Gasteiger partial charge is 0.227 e. The summed E-state index contributed by atoms with van der Waals surface area (Å²) in [6.07, 6.45) is 0. The first kappa shape index (κ1) is 9.58. The zero-order valence-corrected chi connectivity index (χ0v) is 7.78. The molecule has 1 aromatic carbocycles. The van der Waals surface area contributed by atoms with Crippen LogP contribution in [0.3, 0.4) is 0 Å². The predicted molar refractivity (Wildman–Crippen MR) is 51.8 cm³/mol. The zero-order valence-electron chi connectivity index (χ0n) is 7.78. The van der Waals surface area contributed by atoms with Crippen molar-refractivity contribution in [1.82, 2.24) is 0 Å². The molecule has 0 heterocycles. The van der Waals surface area contributed by atoms with Crippen LogP contribution in [0, 0.1) is 6.92 Å². The van der Waals surface area contributed by atoms with Crippen molar-refractivity contribution in [2.75, 3.05) is 19.1 Å².